The van der Waals surface area contributed by atoms with Gasteiger partial charge in [-0.25, -0.2) is 4.98 Å². The summed E-state index contributed by atoms with van der Waals surface area (Å²) in [6.45, 7) is 4.28. The van der Waals surface area contributed by atoms with E-state index in [0.29, 0.717) is 17.1 Å². The maximum atomic E-state index is 12.3. The molecule has 0 radical (unpaired) electrons. The Bertz CT molecular complexity index is 1330. The number of aryl methyl sites for hydroxylation is 4. The van der Waals surface area contributed by atoms with E-state index in [0.717, 1.165) is 42.8 Å². The molecule has 2 aromatic carbocycles. The second-order valence-electron chi connectivity index (χ2n) is 8.57. The predicted molar refractivity (Wildman–Crippen MR) is 132 cm³/mol. The Kier molecular flexibility index (Phi) is 8.27. The zero-order valence-corrected chi connectivity index (χ0v) is 20.5. The Morgan fingerprint density at radius 2 is 1.70 bits per heavy atom. The van der Waals surface area contributed by atoms with Gasteiger partial charge in [0.25, 0.3) is 0 Å². The number of H-pyrrole nitrogens is 1. The lowest BCUT2D eigenvalue weighted by atomic mass is 10.0. The molecule has 2 aromatic heterocycles. The molecule has 0 saturated heterocycles. The summed E-state index contributed by atoms with van der Waals surface area (Å²) in [6.07, 6.45) is 4.13. The van der Waals surface area contributed by atoms with Gasteiger partial charge in [0.2, 0.25) is 5.89 Å². The number of ether oxygens (including phenoxy) is 2. The lowest BCUT2D eigenvalue weighted by Crippen LogP contribution is -2.16. The number of nitrogens with zero attached hydrogens (tertiary/aromatic N) is 3. The van der Waals surface area contributed by atoms with E-state index in [-0.39, 0.29) is 12.4 Å². The van der Waals surface area contributed by atoms with Crippen LogP contribution in [0.25, 0.3) is 12.2 Å². The van der Waals surface area contributed by atoms with Crippen LogP contribution in [0, 0.1) is 13.8 Å². The number of nitrogens with one attached hydrogen (secondary N) is 1. The number of benzene rings is 2. The van der Waals surface area contributed by atoms with E-state index in [9.17, 15) is 13.2 Å². The van der Waals surface area contributed by atoms with Gasteiger partial charge < -0.3 is 13.9 Å². The number of alkyl halides is 3. The van der Waals surface area contributed by atoms with Gasteiger partial charge in [0.1, 0.15) is 30.1 Å². The molecular formula is C27H27F3N4O3. The van der Waals surface area contributed by atoms with E-state index in [1.807, 2.05) is 19.1 Å². The summed E-state index contributed by atoms with van der Waals surface area (Å²) in [4.78, 5) is 4.36. The van der Waals surface area contributed by atoms with Crippen molar-refractivity contribution < 1.29 is 27.1 Å². The Hall–Kier alpha value is -4.08. The van der Waals surface area contributed by atoms with Crippen molar-refractivity contribution in [2.45, 2.75) is 52.5 Å². The molecule has 0 aliphatic carbocycles. The number of hydrogen-bond donors (Lipinski definition) is 1. The third-order valence-electron chi connectivity index (χ3n) is 5.73. The van der Waals surface area contributed by atoms with Crippen molar-refractivity contribution in [3.63, 3.8) is 0 Å². The van der Waals surface area contributed by atoms with Crippen LogP contribution in [-0.2, 0) is 19.4 Å². The van der Waals surface area contributed by atoms with Gasteiger partial charge in [-0.3, -0.25) is 0 Å². The molecular weight excluding hydrogens is 485 g/mol. The van der Waals surface area contributed by atoms with Gasteiger partial charge >= 0.3 is 6.36 Å². The molecule has 7 nitrogen and oxygen atoms in total. The minimum absolute atomic E-state index is 0.247. The van der Waals surface area contributed by atoms with E-state index < -0.39 is 6.36 Å². The van der Waals surface area contributed by atoms with Crippen molar-refractivity contribution in [3.05, 3.63) is 88.4 Å². The molecule has 194 valence electrons. The van der Waals surface area contributed by atoms with Crippen molar-refractivity contribution in [1.82, 2.24) is 20.4 Å². The summed E-state index contributed by atoms with van der Waals surface area (Å²) in [7, 11) is 0. The number of unbranched alkanes of at least 4 members (excludes halogenated alkanes) is 1. The van der Waals surface area contributed by atoms with E-state index in [1.165, 1.54) is 41.7 Å². The molecule has 37 heavy (non-hydrogen) atoms. The number of rotatable bonds is 11. The molecule has 0 unspecified atom stereocenters. The summed E-state index contributed by atoms with van der Waals surface area (Å²) in [5.74, 6) is 0.837. The fraction of sp³-hybridized carbons (Fsp3) is 0.296. The first-order valence-electron chi connectivity index (χ1n) is 11.8. The van der Waals surface area contributed by atoms with Crippen LogP contribution in [0.1, 0.15) is 52.5 Å². The van der Waals surface area contributed by atoms with Crippen LogP contribution in [-0.4, -0.2) is 26.8 Å². The minimum atomic E-state index is -4.71. The van der Waals surface area contributed by atoms with Gasteiger partial charge in [0.15, 0.2) is 0 Å². The Balaban J connectivity index is 1.23. The fourth-order valence-corrected chi connectivity index (χ4v) is 3.76. The monoisotopic (exact) mass is 512 g/mol. The third kappa shape index (κ3) is 7.96. The van der Waals surface area contributed by atoms with Crippen LogP contribution in [0.4, 0.5) is 13.2 Å². The molecule has 0 atom stereocenters. The highest BCUT2D eigenvalue weighted by Gasteiger charge is 2.30. The van der Waals surface area contributed by atoms with Gasteiger partial charge in [-0.05, 0) is 86.6 Å². The maximum Gasteiger partial charge on any atom is 0.573 e. The molecule has 1 N–H and O–H groups in total. The third-order valence-corrected chi connectivity index (χ3v) is 5.73. The van der Waals surface area contributed by atoms with Gasteiger partial charge in [-0.15, -0.1) is 13.2 Å². The molecule has 10 heteroatoms. The first-order chi connectivity index (χ1) is 17.7. The second kappa shape index (κ2) is 11.8. The number of oxazole rings is 1. The van der Waals surface area contributed by atoms with Crippen molar-refractivity contribution >= 4 is 12.2 Å². The maximum absolute atomic E-state index is 12.3. The number of hydrogen-bond acceptors (Lipinski definition) is 6. The highest BCUT2D eigenvalue weighted by molar-refractivity contribution is 5.66. The minimum Gasteiger partial charge on any atom is -0.487 e. The molecule has 0 aliphatic heterocycles. The number of aromatic amines is 1. The van der Waals surface area contributed by atoms with Crippen LogP contribution < -0.4 is 9.47 Å². The lowest BCUT2D eigenvalue weighted by Gasteiger charge is -2.09. The molecule has 0 saturated carbocycles. The fourth-order valence-electron chi connectivity index (χ4n) is 3.76. The van der Waals surface area contributed by atoms with Gasteiger partial charge in [0, 0.05) is 6.08 Å². The van der Waals surface area contributed by atoms with Gasteiger partial charge in [-0.1, -0.05) is 18.2 Å². The zero-order chi connectivity index (χ0) is 26.3. The van der Waals surface area contributed by atoms with E-state index in [1.54, 1.807) is 12.2 Å². The summed E-state index contributed by atoms with van der Waals surface area (Å²) in [6, 6.07) is 11.6. The number of halogens is 3. The van der Waals surface area contributed by atoms with Crippen LogP contribution in [0.2, 0.25) is 0 Å². The predicted octanol–water partition coefficient (Wildman–Crippen LogP) is 6.62. The molecule has 0 aliphatic rings. The molecule has 0 bridgehead atoms. The second-order valence-corrected chi connectivity index (χ2v) is 8.57. The lowest BCUT2D eigenvalue weighted by molar-refractivity contribution is -0.274. The van der Waals surface area contributed by atoms with E-state index in [4.69, 9.17) is 9.15 Å². The van der Waals surface area contributed by atoms with E-state index >= 15 is 0 Å². The molecule has 0 amide bonds. The summed E-state index contributed by atoms with van der Waals surface area (Å²) in [5, 5.41) is 10.9. The molecule has 0 fully saturated rings. The van der Waals surface area contributed by atoms with Crippen molar-refractivity contribution in [2.75, 3.05) is 0 Å². The van der Waals surface area contributed by atoms with Crippen molar-refractivity contribution in [2.24, 2.45) is 0 Å². The average Bonchev–Trinajstić information content (AvgIpc) is 3.48. The van der Waals surface area contributed by atoms with Gasteiger partial charge in [0.05, 0.1) is 11.4 Å². The molecule has 2 heterocycles. The van der Waals surface area contributed by atoms with Crippen molar-refractivity contribution in [1.29, 1.82) is 0 Å². The van der Waals surface area contributed by atoms with Crippen LogP contribution >= 0.6 is 0 Å². The SMILES string of the molecule is Cc1cc(OCc2coc(C=Cc3ccc(OC(F)(F)F)cc3)n2)ccc1CCCCc1n[nH]nc1C. The molecule has 0 spiro atoms. The molecule has 4 aromatic rings. The smallest absolute Gasteiger partial charge is 0.487 e. The average molecular weight is 513 g/mol. The first-order valence-corrected chi connectivity index (χ1v) is 11.8. The van der Waals surface area contributed by atoms with Gasteiger partial charge in [-0.2, -0.15) is 15.4 Å². The normalized spacial score (nSPS) is 11.8. The Morgan fingerprint density at radius 1 is 0.946 bits per heavy atom. The summed E-state index contributed by atoms with van der Waals surface area (Å²) in [5.41, 5.74) is 5.75. The summed E-state index contributed by atoms with van der Waals surface area (Å²) < 4.78 is 51.9. The Labute approximate surface area is 212 Å². The van der Waals surface area contributed by atoms with Crippen LogP contribution in [0.5, 0.6) is 11.5 Å². The quantitative estimate of drug-likeness (QED) is 0.227. The highest BCUT2D eigenvalue weighted by atomic mass is 19.4. The zero-order valence-electron chi connectivity index (χ0n) is 20.5. The van der Waals surface area contributed by atoms with Crippen LogP contribution in [0.15, 0.2) is 53.1 Å². The first kappa shape index (κ1) is 26.0. The van der Waals surface area contributed by atoms with Crippen LogP contribution in [0.3, 0.4) is 0 Å². The van der Waals surface area contributed by atoms with E-state index in [2.05, 4.69) is 38.1 Å². The number of aromatic nitrogens is 4. The molecule has 4 rings (SSSR count). The summed E-state index contributed by atoms with van der Waals surface area (Å²) >= 11 is 0. The Morgan fingerprint density at radius 3 is 2.41 bits per heavy atom. The highest BCUT2D eigenvalue weighted by Crippen LogP contribution is 2.24. The largest absolute Gasteiger partial charge is 0.573 e. The van der Waals surface area contributed by atoms with Crippen molar-refractivity contribution in [3.8, 4) is 11.5 Å². The standard InChI is InChI=1S/C27H27F3N4O3/c1-18-15-24(13-10-21(18)5-3-4-6-25-19(2)32-34-33-25)35-16-22-17-36-26(31-22)14-9-20-7-11-23(12-8-20)37-27(28,29)30/h7-15,17H,3-6,16H2,1-2H3,(H,32,33,34). The topological polar surface area (TPSA) is 86.1 Å².